The summed E-state index contributed by atoms with van der Waals surface area (Å²) in [5.41, 5.74) is 1.86. The average molecular weight is 246 g/mol. The summed E-state index contributed by atoms with van der Waals surface area (Å²) >= 11 is 0. The summed E-state index contributed by atoms with van der Waals surface area (Å²) in [4.78, 5) is 0. The van der Waals surface area contributed by atoms with E-state index in [0.29, 0.717) is 11.4 Å². The van der Waals surface area contributed by atoms with Gasteiger partial charge in [-0.05, 0) is 32.0 Å². The quantitative estimate of drug-likeness (QED) is 0.631. The van der Waals surface area contributed by atoms with Gasteiger partial charge in [0.25, 0.3) is 5.52 Å². The molecule has 1 heterocycles. The highest BCUT2D eigenvalue weighted by molar-refractivity contribution is 5.84. The molecule has 96 valence electrons. The van der Waals surface area contributed by atoms with Gasteiger partial charge in [-0.3, -0.25) is 0 Å². The van der Waals surface area contributed by atoms with Crippen molar-refractivity contribution in [1.82, 2.24) is 0 Å². The van der Waals surface area contributed by atoms with Gasteiger partial charge in [0.05, 0.1) is 5.39 Å². The Morgan fingerprint density at radius 3 is 2.11 bits per heavy atom. The van der Waals surface area contributed by atoms with E-state index in [1.54, 1.807) is 0 Å². The molecule has 1 aromatic carbocycles. The highest BCUT2D eigenvalue weighted by Crippen LogP contribution is 2.32. The van der Waals surface area contributed by atoms with Gasteiger partial charge in [0.15, 0.2) is 17.5 Å². The Bertz CT molecular complexity index is 589. The molecular formula is C15H20NO2+. The minimum absolute atomic E-state index is 0.0382. The minimum Gasteiger partial charge on any atom is -0.504 e. The molecule has 2 N–H and O–H groups in total. The second-order valence-corrected chi connectivity index (χ2v) is 5.25. The number of fused-ring (bicyclic) bond motifs is 1. The van der Waals surface area contributed by atoms with E-state index >= 15 is 0 Å². The van der Waals surface area contributed by atoms with E-state index in [1.165, 1.54) is 6.07 Å². The normalized spacial score (nSPS) is 11.7. The molecule has 0 bridgehead atoms. The van der Waals surface area contributed by atoms with Crippen molar-refractivity contribution in [2.45, 2.75) is 39.7 Å². The van der Waals surface area contributed by atoms with Crippen molar-refractivity contribution in [3.8, 4) is 11.5 Å². The summed E-state index contributed by atoms with van der Waals surface area (Å²) in [7, 11) is 0. The summed E-state index contributed by atoms with van der Waals surface area (Å²) in [5, 5.41) is 20.7. The molecule has 0 radical (unpaired) electrons. The molecule has 18 heavy (non-hydrogen) atoms. The molecule has 0 aliphatic carbocycles. The zero-order valence-corrected chi connectivity index (χ0v) is 11.3. The molecule has 2 aromatic rings. The Balaban J connectivity index is 2.92. The van der Waals surface area contributed by atoms with E-state index in [4.69, 9.17) is 0 Å². The van der Waals surface area contributed by atoms with Crippen LogP contribution < -0.4 is 4.57 Å². The highest BCUT2D eigenvalue weighted by atomic mass is 16.3. The predicted molar refractivity (Wildman–Crippen MR) is 71.9 cm³/mol. The van der Waals surface area contributed by atoms with Crippen molar-refractivity contribution in [2.24, 2.45) is 0 Å². The number of benzene rings is 1. The average Bonchev–Trinajstić information content (AvgIpc) is 2.32. The van der Waals surface area contributed by atoms with Crippen molar-refractivity contribution in [1.29, 1.82) is 0 Å². The lowest BCUT2D eigenvalue weighted by atomic mass is 10.0. The third-order valence-corrected chi connectivity index (χ3v) is 3.22. The maximum Gasteiger partial charge on any atom is 0.259 e. The van der Waals surface area contributed by atoms with E-state index in [2.05, 4.69) is 38.3 Å². The van der Waals surface area contributed by atoms with Crippen LogP contribution in [-0.2, 0) is 0 Å². The van der Waals surface area contributed by atoms with Gasteiger partial charge in [-0.15, -0.1) is 0 Å². The molecular weight excluding hydrogens is 226 g/mol. The zero-order valence-electron chi connectivity index (χ0n) is 11.3. The molecule has 0 fully saturated rings. The van der Waals surface area contributed by atoms with Crippen LogP contribution in [-0.4, -0.2) is 10.2 Å². The van der Waals surface area contributed by atoms with Crippen LogP contribution in [0.5, 0.6) is 11.5 Å². The summed E-state index contributed by atoms with van der Waals surface area (Å²) in [6.45, 7) is 8.41. The third-order valence-electron chi connectivity index (χ3n) is 3.22. The van der Waals surface area contributed by atoms with Gasteiger partial charge in [-0.2, -0.15) is 4.57 Å². The zero-order chi connectivity index (χ0) is 13.4. The van der Waals surface area contributed by atoms with Gasteiger partial charge < -0.3 is 10.2 Å². The Kier molecular flexibility index (Phi) is 3.16. The topological polar surface area (TPSA) is 44.3 Å². The van der Waals surface area contributed by atoms with Gasteiger partial charge in [-0.25, -0.2) is 0 Å². The Morgan fingerprint density at radius 1 is 0.944 bits per heavy atom. The number of hydrogen-bond acceptors (Lipinski definition) is 2. The molecule has 0 saturated carbocycles. The highest BCUT2D eigenvalue weighted by Gasteiger charge is 2.25. The van der Waals surface area contributed by atoms with Gasteiger partial charge in [0.2, 0.25) is 5.75 Å². The molecule has 0 unspecified atom stereocenters. The molecule has 0 amide bonds. The smallest absolute Gasteiger partial charge is 0.259 e. The molecule has 0 saturated heterocycles. The first-order valence-corrected chi connectivity index (χ1v) is 6.32. The van der Waals surface area contributed by atoms with Crippen LogP contribution in [0.25, 0.3) is 10.9 Å². The van der Waals surface area contributed by atoms with Crippen molar-refractivity contribution in [2.75, 3.05) is 0 Å². The van der Waals surface area contributed by atoms with Crippen LogP contribution in [0, 0.1) is 0 Å². The molecule has 1 aromatic heterocycles. The number of hydrogen-bond donors (Lipinski definition) is 2. The third kappa shape index (κ3) is 1.90. The number of aromatic nitrogens is 1. The van der Waals surface area contributed by atoms with Crippen LogP contribution in [0.2, 0.25) is 0 Å². The molecule has 3 heteroatoms. The number of phenols is 2. The first-order valence-electron chi connectivity index (χ1n) is 6.32. The minimum atomic E-state index is -0.0715. The Morgan fingerprint density at radius 2 is 1.56 bits per heavy atom. The monoisotopic (exact) mass is 246 g/mol. The number of nitrogens with zero attached hydrogens (tertiary/aromatic N) is 1. The Labute approximate surface area is 107 Å². The van der Waals surface area contributed by atoms with Gasteiger partial charge in [0, 0.05) is 12.0 Å². The van der Waals surface area contributed by atoms with Crippen LogP contribution >= 0.6 is 0 Å². The van der Waals surface area contributed by atoms with E-state index in [1.807, 2.05) is 12.1 Å². The second kappa shape index (κ2) is 4.48. The fourth-order valence-electron chi connectivity index (χ4n) is 2.38. The summed E-state index contributed by atoms with van der Waals surface area (Å²) in [6.07, 6.45) is 0. The number of aromatic hydroxyl groups is 2. The second-order valence-electron chi connectivity index (χ2n) is 5.25. The molecule has 3 nitrogen and oxygen atoms in total. The van der Waals surface area contributed by atoms with E-state index in [-0.39, 0.29) is 17.5 Å². The number of rotatable bonds is 2. The Hall–Kier alpha value is -1.77. The SMILES string of the molecule is CC(C)c1ccc2ccc(O)c(O)c2[n+]1C(C)C. The number of phenolic OH excluding ortho intramolecular Hbond substituents is 2. The lowest BCUT2D eigenvalue weighted by Gasteiger charge is -2.13. The molecule has 0 aliphatic rings. The maximum absolute atomic E-state index is 10.1. The molecule has 0 aliphatic heterocycles. The first kappa shape index (κ1) is 12.7. The fraction of sp³-hybridized carbons (Fsp3) is 0.400. The van der Waals surface area contributed by atoms with Crippen molar-refractivity contribution in [3.05, 3.63) is 30.0 Å². The lowest BCUT2D eigenvalue weighted by Crippen LogP contribution is -2.42. The van der Waals surface area contributed by atoms with Crippen LogP contribution in [0.4, 0.5) is 0 Å². The van der Waals surface area contributed by atoms with E-state index < -0.39 is 0 Å². The van der Waals surface area contributed by atoms with Crippen LogP contribution in [0.15, 0.2) is 24.3 Å². The molecule has 2 rings (SSSR count). The van der Waals surface area contributed by atoms with Gasteiger partial charge in [0.1, 0.15) is 0 Å². The first-order chi connectivity index (χ1) is 8.43. The molecule has 0 spiro atoms. The summed E-state index contributed by atoms with van der Waals surface area (Å²) < 4.78 is 2.09. The number of pyridine rings is 1. The van der Waals surface area contributed by atoms with Crippen LogP contribution in [0.1, 0.15) is 45.3 Å². The standard InChI is InChI=1S/C15H19NO2/c1-9(2)12-7-5-11-6-8-13(17)15(18)14(11)16(12)10(3)4/h5-10,18H,1-4H3/p+1. The van der Waals surface area contributed by atoms with E-state index in [0.717, 1.165) is 11.1 Å². The van der Waals surface area contributed by atoms with Gasteiger partial charge >= 0.3 is 0 Å². The predicted octanol–water partition coefficient (Wildman–Crippen LogP) is 3.24. The summed E-state index contributed by atoms with van der Waals surface area (Å²) in [6, 6.07) is 7.65. The van der Waals surface area contributed by atoms with Gasteiger partial charge in [-0.1, -0.05) is 13.8 Å². The lowest BCUT2D eigenvalue weighted by molar-refractivity contribution is -0.699. The van der Waals surface area contributed by atoms with E-state index in [9.17, 15) is 10.2 Å². The summed E-state index contributed by atoms with van der Waals surface area (Å²) in [5.74, 6) is 0.250. The maximum atomic E-state index is 10.1. The van der Waals surface area contributed by atoms with Crippen molar-refractivity contribution in [3.63, 3.8) is 0 Å². The van der Waals surface area contributed by atoms with Crippen molar-refractivity contribution >= 4 is 10.9 Å². The fourth-order valence-corrected chi connectivity index (χ4v) is 2.38. The molecule has 0 atom stereocenters. The van der Waals surface area contributed by atoms with Crippen LogP contribution in [0.3, 0.4) is 0 Å². The van der Waals surface area contributed by atoms with Crippen molar-refractivity contribution < 1.29 is 14.8 Å². The largest absolute Gasteiger partial charge is 0.504 e.